The molecule has 3 heterocycles. The van der Waals surface area contributed by atoms with E-state index in [1.165, 1.54) is 11.8 Å². The smallest absolute Gasteiger partial charge is 0.350 e. The first-order valence-corrected chi connectivity index (χ1v) is 13.0. The van der Waals surface area contributed by atoms with Crippen molar-refractivity contribution in [3.05, 3.63) is 58.7 Å². The van der Waals surface area contributed by atoms with E-state index >= 15 is 0 Å². The number of carbonyl (C=O) groups is 2. The number of aromatic nitrogens is 4. The quantitative estimate of drug-likeness (QED) is 0.253. The maximum atomic E-state index is 12.3. The number of hydrogen-bond acceptors (Lipinski definition) is 10. The van der Waals surface area contributed by atoms with Crippen LogP contribution < -0.4 is 5.32 Å². The molecule has 34 heavy (non-hydrogen) atoms. The largest absolute Gasteiger partial charge is 0.462 e. The Balaban J connectivity index is 1.36. The molecule has 8 nitrogen and oxygen atoms in total. The third kappa shape index (κ3) is 5.66. The first kappa shape index (κ1) is 24.0. The number of esters is 1. The van der Waals surface area contributed by atoms with Gasteiger partial charge in [-0.1, -0.05) is 53.4 Å². The van der Waals surface area contributed by atoms with Gasteiger partial charge in [0.15, 0.2) is 5.13 Å². The van der Waals surface area contributed by atoms with Gasteiger partial charge in [0.1, 0.15) is 20.6 Å². The van der Waals surface area contributed by atoms with E-state index in [2.05, 4.69) is 25.5 Å². The Labute approximate surface area is 208 Å². The molecule has 0 saturated carbocycles. The SMILES string of the molecule is CCOC(=O)c1sc(NC(=O)CSc2ccc(-c3sc(-c4ccccc4)nc3C)nn2)nc1C. The van der Waals surface area contributed by atoms with E-state index in [9.17, 15) is 9.59 Å². The molecular weight excluding hydrogens is 490 g/mol. The van der Waals surface area contributed by atoms with Gasteiger partial charge in [-0.2, -0.15) is 0 Å². The number of aryl methyl sites for hydroxylation is 2. The van der Waals surface area contributed by atoms with E-state index in [4.69, 9.17) is 4.74 Å². The lowest BCUT2D eigenvalue weighted by Crippen LogP contribution is -2.14. The number of thioether (sulfide) groups is 1. The highest BCUT2D eigenvalue weighted by molar-refractivity contribution is 7.99. The second-order valence-electron chi connectivity index (χ2n) is 7.05. The van der Waals surface area contributed by atoms with Crippen molar-refractivity contribution >= 4 is 51.4 Å². The molecule has 0 unspecified atom stereocenters. The fraction of sp³-hybridized carbons (Fsp3) is 0.217. The Morgan fingerprint density at radius 1 is 1.00 bits per heavy atom. The van der Waals surface area contributed by atoms with Crippen LogP contribution in [-0.2, 0) is 9.53 Å². The number of rotatable bonds is 8. The van der Waals surface area contributed by atoms with Gasteiger partial charge in [-0.05, 0) is 32.9 Å². The number of anilines is 1. The Bertz CT molecular complexity index is 1300. The predicted molar refractivity (Wildman–Crippen MR) is 135 cm³/mol. The van der Waals surface area contributed by atoms with Crippen molar-refractivity contribution in [1.29, 1.82) is 0 Å². The highest BCUT2D eigenvalue weighted by Crippen LogP contribution is 2.34. The standard InChI is InChI=1S/C23H21N5O3S3/c1-4-31-22(30)20-14(3)25-23(34-20)26-17(29)12-32-18-11-10-16(27-28-18)19-13(2)24-21(33-19)15-8-6-5-7-9-15/h5-11H,4,12H2,1-3H3,(H,25,26,29). The molecule has 1 amide bonds. The number of benzene rings is 1. The molecule has 174 valence electrons. The van der Waals surface area contributed by atoms with E-state index < -0.39 is 5.97 Å². The first-order valence-electron chi connectivity index (χ1n) is 10.4. The van der Waals surface area contributed by atoms with Gasteiger partial charge < -0.3 is 10.1 Å². The van der Waals surface area contributed by atoms with Gasteiger partial charge in [-0.15, -0.1) is 21.5 Å². The Hall–Kier alpha value is -3.15. The lowest BCUT2D eigenvalue weighted by Gasteiger charge is -2.02. The summed E-state index contributed by atoms with van der Waals surface area (Å²) in [5.41, 5.74) is 3.24. The molecule has 0 aliphatic heterocycles. The third-order valence-corrected chi connectivity index (χ3v) is 7.75. The molecule has 0 bridgehead atoms. The van der Waals surface area contributed by atoms with E-state index in [0.29, 0.717) is 20.7 Å². The summed E-state index contributed by atoms with van der Waals surface area (Å²) >= 11 is 3.95. The Morgan fingerprint density at radius 2 is 1.79 bits per heavy atom. The summed E-state index contributed by atoms with van der Waals surface area (Å²) in [5.74, 6) is -0.542. The monoisotopic (exact) mass is 511 g/mol. The maximum absolute atomic E-state index is 12.3. The minimum absolute atomic E-state index is 0.138. The van der Waals surface area contributed by atoms with Crippen LogP contribution in [-0.4, -0.2) is 44.4 Å². The van der Waals surface area contributed by atoms with Crippen molar-refractivity contribution in [3.63, 3.8) is 0 Å². The molecule has 0 spiro atoms. The molecule has 4 aromatic rings. The fourth-order valence-electron chi connectivity index (χ4n) is 2.99. The van der Waals surface area contributed by atoms with Crippen LogP contribution in [0.1, 0.15) is 28.0 Å². The summed E-state index contributed by atoms with van der Waals surface area (Å²) < 4.78 is 5.00. The van der Waals surface area contributed by atoms with Crippen molar-refractivity contribution in [3.8, 4) is 21.1 Å². The molecule has 1 N–H and O–H groups in total. The number of thiazole rings is 2. The zero-order chi connectivity index (χ0) is 24.1. The van der Waals surface area contributed by atoms with Gasteiger partial charge in [0.25, 0.3) is 0 Å². The van der Waals surface area contributed by atoms with Crippen LogP contribution in [0, 0.1) is 13.8 Å². The van der Waals surface area contributed by atoms with E-state index in [1.807, 2.05) is 49.4 Å². The Morgan fingerprint density at radius 3 is 2.50 bits per heavy atom. The van der Waals surface area contributed by atoms with Crippen LogP contribution in [0.25, 0.3) is 21.1 Å². The van der Waals surface area contributed by atoms with Crippen molar-refractivity contribution < 1.29 is 14.3 Å². The van der Waals surface area contributed by atoms with Crippen LogP contribution in [0.4, 0.5) is 5.13 Å². The van der Waals surface area contributed by atoms with Crippen LogP contribution in [0.2, 0.25) is 0 Å². The average Bonchev–Trinajstić information content (AvgIpc) is 3.41. The number of nitrogens with one attached hydrogen (secondary N) is 1. The van der Waals surface area contributed by atoms with Gasteiger partial charge in [0.05, 0.1) is 28.6 Å². The van der Waals surface area contributed by atoms with Gasteiger partial charge in [0.2, 0.25) is 5.91 Å². The molecular formula is C23H21N5O3S3. The molecule has 1 aromatic carbocycles. The van der Waals surface area contributed by atoms with Gasteiger partial charge >= 0.3 is 5.97 Å². The summed E-state index contributed by atoms with van der Waals surface area (Å²) in [6.45, 7) is 5.69. The minimum Gasteiger partial charge on any atom is -0.462 e. The summed E-state index contributed by atoms with van der Waals surface area (Å²) in [7, 11) is 0. The molecule has 3 aromatic heterocycles. The molecule has 0 radical (unpaired) electrons. The second-order valence-corrected chi connectivity index (χ2v) is 10.0. The molecule has 0 aliphatic carbocycles. The van der Waals surface area contributed by atoms with Crippen LogP contribution >= 0.6 is 34.4 Å². The third-order valence-electron chi connectivity index (χ3n) is 4.54. The molecule has 0 saturated heterocycles. The molecule has 11 heteroatoms. The van der Waals surface area contributed by atoms with Gasteiger partial charge in [-0.25, -0.2) is 14.8 Å². The fourth-order valence-corrected chi connectivity index (χ4v) is 5.51. The van der Waals surface area contributed by atoms with Gasteiger partial charge in [0, 0.05) is 5.56 Å². The van der Waals surface area contributed by atoms with E-state index in [-0.39, 0.29) is 18.3 Å². The van der Waals surface area contributed by atoms with Gasteiger partial charge in [-0.3, -0.25) is 4.79 Å². The molecule has 0 aliphatic rings. The average molecular weight is 512 g/mol. The number of amides is 1. The number of carbonyl (C=O) groups excluding carboxylic acids is 2. The highest BCUT2D eigenvalue weighted by Gasteiger charge is 2.18. The highest BCUT2D eigenvalue weighted by atomic mass is 32.2. The maximum Gasteiger partial charge on any atom is 0.350 e. The predicted octanol–water partition coefficient (Wildman–Crippen LogP) is 5.25. The van der Waals surface area contributed by atoms with E-state index in [1.54, 1.807) is 25.2 Å². The van der Waals surface area contributed by atoms with Crippen LogP contribution in [0.3, 0.4) is 0 Å². The number of nitrogens with zero attached hydrogens (tertiary/aromatic N) is 4. The summed E-state index contributed by atoms with van der Waals surface area (Å²) in [4.78, 5) is 34.5. The topological polar surface area (TPSA) is 107 Å². The summed E-state index contributed by atoms with van der Waals surface area (Å²) in [5, 5.41) is 13.2. The van der Waals surface area contributed by atoms with Crippen molar-refractivity contribution in [2.75, 3.05) is 17.7 Å². The van der Waals surface area contributed by atoms with Crippen LogP contribution in [0.5, 0.6) is 0 Å². The zero-order valence-electron chi connectivity index (χ0n) is 18.7. The molecule has 4 rings (SSSR count). The molecule has 0 atom stereocenters. The second kappa shape index (κ2) is 10.9. The normalized spacial score (nSPS) is 10.8. The van der Waals surface area contributed by atoms with E-state index in [0.717, 1.165) is 38.2 Å². The van der Waals surface area contributed by atoms with Crippen molar-refractivity contribution in [2.45, 2.75) is 25.8 Å². The first-order chi connectivity index (χ1) is 16.4. The zero-order valence-corrected chi connectivity index (χ0v) is 21.1. The van der Waals surface area contributed by atoms with Crippen molar-refractivity contribution in [2.24, 2.45) is 0 Å². The summed E-state index contributed by atoms with van der Waals surface area (Å²) in [6.07, 6.45) is 0. The Kier molecular flexibility index (Phi) is 7.66. The lowest BCUT2D eigenvalue weighted by molar-refractivity contribution is -0.113. The number of ether oxygens (including phenoxy) is 1. The number of hydrogen-bond donors (Lipinski definition) is 1. The lowest BCUT2D eigenvalue weighted by atomic mass is 10.2. The van der Waals surface area contributed by atoms with Crippen molar-refractivity contribution in [1.82, 2.24) is 20.2 Å². The molecule has 0 fully saturated rings. The minimum atomic E-state index is -0.435. The summed E-state index contributed by atoms with van der Waals surface area (Å²) in [6, 6.07) is 13.7. The van der Waals surface area contributed by atoms with Crippen LogP contribution in [0.15, 0.2) is 47.5 Å².